The lowest BCUT2D eigenvalue weighted by atomic mass is 9.94. The van der Waals surface area contributed by atoms with Gasteiger partial charge in [-0.3, -0.25) is 0 Å². The fourth-order valence-electron chi connectivity index (χ4n) is 3.51. The molecule has 0 saturated carbocycles. The molecule has 0 aromatic heterocycles. The summed E-state index contributed by atoms with van der Waals surface area (Å²) in [6, 6.07) is 6.27. The number of aliphatic imine (C=N–C) groups is 1. The van der Waals surface area contributed by atoms with Gasteiger partial charge in [-0.1, -0.05) is 26.0 Å². The van der Waals surface area contributed by atoms with Crippen LogP contribution in [0.25, 0.3) is 0 Å². The number of hydrogen-bond acceptors (Lipinski definition) is 4. The number of nitrogens with zero attached hydrogens (tertiary/aromatic N) is 1. The van der Waals surface area contributed by atoms with Gasteiger partial charge in [0.25, 0.3) is 0 Å². The van der Waals surface area contributed by atoms with Gasteiger partial charge in [0.2, 0.25) is 0 Å². The van der Waals surface area contributed by atoms with E-state index >= 15 is 0 Å². The zero-order valence-corrected chi connectivity index (χ0v) is 18.8. The molecule has 1 saturated heterocycles. The number of aryl methyl sites for hydroxylation is 1. The Kier molecular flexibility index (Phi) is 9.24. The number of rotatable bonds is 9. The van der Waals surface area contributed by atoms with Crippen LogP contribution in [0.4, 0.5) is 0 Å². The molecule has 0 radical (unpaired) electrons. The van der Waals surface area contributed by atoms with E-state index in [-0.39, 0.29) is 6.10 Å². The van der Waals surface area contributed by atoms with Gasteiger partial charge in [0.15, 0.2) is 5.96 Å². The van der Waals surface area contributed by atoms with Crippen molar-refractivity contribution in [2.45, 2.75) is 72.1 Å². The maximum Gasteiger partial charge on any atom is 0.191 e. The van der Waals surface area contributed by atoms with Crippen LogP contribution in [0, 0.1) is 12.8 Å². The van der Waals surface area contributed by atoms with E-state index in [0.717, 1.165) is 24.3 Å². The first-order chi connectivity index (χ1) is 13.8. The third-order valence-corrected chi connectivity index (χ3v) is 5.11. The molecule has 2 rings (SSSR count). The molecule has 1 aromatic carbocycles. The summed E-state index contributed by atoms with van der Waals surface area (Å²) in [5, 5.41) is 17.2. The Morgan fingerprint density at radius 1 is 1.24 bits per heavy atom. The molecule has 1 heterocycles. The third kappa shape index (κ3) is 8.23. The van der Waals surface area contributed by atoms with Crippen molar-refractivity contribution in [2.75, 3.05) is 26.3 Å². The average molecular weight is 406 g/mol. The van der Waals surface area contributed by atoms with Crippen LogP contribution in [0.15, 0.2) is 23.2 Å². The Balaban J connectivity index is 2.05. The van der Waals surface area contributed by atoms with Gasteiger partial charge in [0.05, 0.1) is 18.2 Å². The van der Waals surface area contributed by atoms with Gasteiger partial charge in [0.1, 0.15) is 5.75 Å². The highest BCUT2D eigenvalue weighted by molar-refractivity contribution is 5.79. The summed E-state index contributed by atoms with van der Waals surface area (Å²) in [5.74, 6) is 2.20. The van der Waals surface area contributed by atoms with E-state index in [9.17, 15) is 5.11 Å². The van der Waals surface area contributed by atoms with Gasteiger partial charge in [0, 0.05) is 44.7 Å². The quantitative estimate of drug-likeness (QED) is 0.434. The second-order valence-corrected chi connectivity index (χ2v) is 8.55. The normalized spacial score (nSPS) is 17.8. The minimum Gasteiger partial charge on any atom is -0.490 e. The van der Waals surface area contributed by atoms with E-state index in [4.69, 9.17) is 14.5 Å². The SMILES string of the molecule is CCNC(=NCc1ccc(C)cc1OC(C)CC(C)C)NCC1(O)CCOCC1. The standard InChI is InChI=1S/C23H39N3O3/c1-6-24-22(26-16-23(27)9-11-28-12-10-23)25-15-20-8-7-18(4)14-21(20)29-19(5)13-17(2)3/h7-8,14,17,19,27H,6,9-13,15-16H2,1-5H3,(H2,24,25,26). The van der Waals surface area contributed by atoms with Crippen LogP contribution < -0.4 is 15.4 Å². The van der Waals surface area contributed by atoms with Crippen molar-refractivity contribution in [3.05, 3.63) is 29.3 Å². The highest BCUT2D eigenvalue weighted by atomic mass is 16.5. The van der Waals surface area contributed by atoms with Gasteiger partial charge in [-0.15, -0.1) is 0 Å². The minimum atomic E-state index is -0.737. The molecule has 29 heavy (non-hydrogen) atoms. The fraction of sp³-hybridized carbons (Fsp3) is 0.696. The molecule has 1 unspecified atom stereocenters. The van der Waals surface area contributed by atoms with Gasteiger partial charge >= 0.3 is 0 Å². The molecule has 0 spiro atoms. The first-order valence-corrected chi connectivity index (χ1v) is 10.9. The predicted molar refractivity (Wildman–Crippen MR) is 119 cm³/mol. The van der Waals surface area contributed by atoms with Gasteiger partial charge in [-0.25, -0.2) is 4.99 Å². The summed E-state index contributed by atoms with van der Waals surface area (Å²) in [6.07, 6.45) is 2.46. The molecule has 1 aromatic rings. The van der Waals surface area contributed by atoms with E-state index in [1.807, 2.05) is 6.92 Å². The first-order valence-electron chi connectivity index (χ1n) is 10.9. The lowest BCUT2D eigenvalue weighted by Gasteiger charge is -2.32. The summed E-state index contributed by atoms with van der Waals surface area (Å²) >= 11 is 0. The summed E-state index contributed by atoms with van der Waals surface area (Å²) in [5.41, 5.74) is 1.50. The zero-order chi connectivity index (χ0) is 21.3. The van der Waals surface area contributed by atoms with Crippen LogP contribution in [0.1, 0.15) is 58.1 Å². The maximum atomic E-state index is 10.7. The highest BCUT2D eigenvalue weighted by Gasteiger charge is 2.29. The summed E-state index contributed by atoms with van der Waals surface area (Å²) in [6.45, 7) is 13.6. The van der Waals surface area contributed by atoms with E-state index in [0.29, 0.717) is 51.0 Å². The average Bonchev–Trinajstić information content (AvgIpc) is 2.65. The molecular formula is C23H39N3O3. The number of aliphatic hydroxyl groups is 1. The second kappa shape index (κ2) is 11.4. The Morgan fingerprint density at radius 3 is 2.62 bits per heavy atom. The zero-order valence-electron chi connectivity index (χ0n) is 18.8. The molecule has 6 nitrogen and oxygen atoms in total. The van der Waals surface area contributed by atoms with E-state index in [2.05, 4.69) is 56.5 Å². The smallest absolute Gasteiger partial charge is 0.191 e. The van der Waals surface area contributed by atoms with Crippen LogP contribution in [-0.4, -0.2) is 49.1 Å². The molecule has 164 valence electrons. The van der Waals surface area contributed by atoms with Crippen LogP contribution in [0.3, 0.4) is 0 Å². The molecular weight excluding hydrogens is 366 g/mol. The van der Waals surface area contributed by atoms with Crippen molar-refractivity contribution in [1.29, 1.82) is 0 Å². The van der Waals surface area contributed by atoms with Gasteiger partial charge in [-0.05, 0) is 44.7 Å². The fourth-order valence-corrected chi connectivity index (χ4v) is 3.51. The van der Waals surface area contributed by atoms with E-state index in [1.54, 1.807) is 0 Å². The van der Waals surface area contributed by atoms with Crippen molar-refractivity contribution >= 4 is 5.96 Å². The van der Waals surface area contributed by atoms with Crippen molar-refractivity contribution in [1.82, 2.24) is 10.6 Å². The van der Waals surface area contributed by atoms with Crippen molar-refractivity contribution in [3.63, 3.8) is 0 Å². The number of ether oxygens (including phenoxy) is 2. The maximum absolute atomic E-state index is 10.7. The van der Waals surface area contributed by atoms with Crippen molar-refractivity contribution in [3.8, 4) is 5.75 Å². The number of nitrogens with one attached hydrogen (secondary N) is 2. The van der Waals surface area contributed by atoms with Crippen LogP contribution >= 0.6 is 0 Å². The molecule has 1 fully saturated rings. The Bertz CT molecular complexity index is 655. The second-order valence-electron chi connectivity index (χ2n) is 8.55. The van der Waals surface area contributed by atoms with Crippen LogP contribution in [-0.2, 0) is 11.3 Å². The minimum absolute atomic E-state index is 0.161. The summed E-state index contributed by atoms with van der Waals surface area (Å²) in [7, 11) is 0. The monoisotopic (exact) mass is 405 g/mol. The topological polar surface area (TPSA) is 75.1 Å². The number of benzene rings is 1. The Morgan fingerprint density at radius 2 is 1.97 bits per heavy atom. The molecule has 0 bridgehead atoms. The highest BCUT2D eigenvalue weighted by Crippen LogP contribution is 2.24. The molecule has 0 amide bonds. The Hall–Kier alpha value is -1.79. The molecule has 1 aliphatic heterocycles. The molecule has 1 atom stereocenters. The summed E-state index contributed by atoms with van der Waals surface area (Å²) in [4.78, 5) is 4.73. The van der Waals surface area contributed by atoms with Gasteiger partial charge in [-0.2, -0.15) is 0 Å². The van der Waals surface area contributed by atoms with Crippen molar-refractivity contribution in [2.24, 2.45) is 10.9 Å². The lowest BCUT2D eigenvalue weighted by molar-refractivity contribution is -0.0594. The van der Waals surface area contributed by atoms with Crippen LogP contribution in [0.2, 0.25) is 0 Å². The first kappa shape index (κ1) is 23.5. The number of hydrogen-bond donors (Lipinski definition) is 3. The molecule has 0 aliphatic carbocycles. The third-order valence-electron chi connectivity index (χ3n) is 5.11. The van der Waals surface area contributed by atoms with E-state index < -0.39 is 5.60 Å². The molecule has 6 heteroatoms. The summed E-state index contributed by atoms with van der Waals surface area (Å²) < 4.78 is 11.6. The van der Waals surface area contributed by atoms with Crippen LogP contribution in [0.5, 0.6) is 5.75 Å². The molecule has 1 aliphatic rings. The number of guanidine groups is 1. The largest absolute Gasteiger partial charge is 0.490 e. The lowest BCUT2D eigenvalue weighted by Crippen LogP contribution is -2.49. The molecule has 3 N–H and O–H groups in total. The van der Waals surface area contributed by atoms with Crippen molar-refractivity contribution < 1.29 is 14.6 Å². The predicted octanol–water partition coefficient (Wildman–Crippen LogP) is 3.41. The Labute approximate surface area is 176 Å². The van der Waals surface area contributed by atoms with Gasteiger partial charge < -0.3 is 25.2 Å². The van der Waals surface area contributed by atoms with E-state index in [1.165, 1.54) is 5.56 Å².